The number of hydrogen-bond donors (Lipinski definition) is 2. The van der Waals surface area contributed by atoms with E-state index in [9.17, 15) is 4.79 Å². The van der Waals surface area contributed by atoms with Crippen LogP contribution in [-0.2, 0) is 0 Å². The van der Waals surface area contributed by atoms with Gasteiger partial charge in [0, 0.05) is 10.7 Å². The molecule has 0 aliphatic heterocycles. The van der Waals surface area contributed by atoms with E-state index < -0.39 is 0 Å². The van der Waals surface area contributed by atoms with Crippen LogP contribution in [0.3, 0.4) is 0 Å². The second kappa shape index (κ2) is 8.29. The smallest absolute Gasteiger partial charge is 0.321 e. The van der Waals surface area contributed by atoms with Crippen molar-refractivity contribution in [1.82, 2.24) is 5.32 Å². The third-order valence-corrected chi connectivity index (χ3v) is 3.45. The largest absolute Gasteiger partial charge is 0.490 e. The van der Waals surface area contributed by atoms with Crippen LogP contribution in [0.4, 0.5) is 10.5 Å². The Morgan fingerprint density at radius 1 is 1.13 bits per heavy atom. The molecule has 2 N–H and O–H groups in total. The number of benzene rings is 2. The number of amides is 2. The number of carbonyl (C=O) groups is 1. The summed E-state index contributed by atoms with van der Waals surface area (Å²) in [5.74, 6) is 1.22. The van der Waals surface area contributed by atoms with Crippen LogP contribution in [0.25, 0.3) is 0 Å². The molecule has 6 heteroatoms. The predicted octanol–water partition coefficient (Wildman–Crippen LogP) is 4.21. The first-order chi connectivity index (χ1) is 11.1. The molecule has 2 aromatic rings. The molecule has 2 amide bonds. The lowest BCUT2D eigenvalue weighted by Crippen LogP contribution is -2.32. The van der Waals surface area contributed by atoms with Crippen molar-refractivity contribution < 1.29 is 14.3 Å². The van der Waals surface area contributed by atoms with Crippen molar-refractivity contribution in [2.75, 3.05) is 18.7 Å². The Balaban J connectivity index is 1.84. The number of aryl methyl sites for hydroxylation is 1. The highest BCUT2D eigenvalue weighted by Crippen LogP contribution is 2.26. The molecule has 0 aromatic heterocycles. The van der Waals surface area contributed by atoms with E-state index in [1.54, 1.807) is 18.2 Å². The van der Waals surface area contributed by atoms with Crippen LogP contribution in [-0.4, -0.2) is 19.4 Å². The third-order valence-electron chi connectivity index (χ3n) is 3.04. The lowest BCUT2D eigenvalue weighted by atomic mass is 10.2. The number of rotatable bonds is 6. The van der Waals surface area contributed by atoms with Gasteiger partial charge in [-0.15, -0.1) is 0 Å². The zero-order chi connectivity index (χ0) is 16.7. The molecule has 2 rings (SSSR count). The Bertz CT molecular complexity index is 677. The summed E-state index contributed by atoms with van der Waals surface area (Å²) >= 11 is 6.02. The first-order valence-electron chi connectivity index (χ1n) is 7.25. The van der Waals surface area contributed by atoms with E-state index in [-0.39, 0.29) is 12.8 Å². The second-order valence-electron chi connectivity index (χ2n) is 4.76. The van der Waals surface area contributed by atoms with Gasteiger partial charge in [0.15, 0.2) is 18.2 Å². The predicted molar refractivity (Wildman–Crippen MR) is 91.4 cm³/mol. The van der Waals surface area contributed by atoms with Crippen molar-refractivity contribution in [3.05, 3.63) is 53.1 Å². The normalized spacial score (nSPS) is 10.0. The van der Waals surface area contributed by atoms with Crippen LogP contribution in [0.2, 0.25) is 5.02 Å². The lowest BCUT2D eigenvalue weighted by Gasteiger charge is -2.13. The molecule has 0 aliphatic rings. The van der Waals surface area contributed by atoms with Crippen molar-refractivity contribution in [3.8, 4) is 11.5 Å². The minimum absolute atomic E-state index is 0.0233. The molecule has 0 atom stereocenters. The van der Waals surface area contributed by atoms with Crippen molar-refractivity contribution in [2.45, 2.75) is 13.8 Å². The highest BCUT2D eigenvalue weighted by atomic mass is 35.5. The van der Waals surface area contributed by atoms with E-state index in [2.05, 4.69) is 10.6 Å². The van der Waals surface area contributed by atoms with Gasteiger partial charge in [-0.05, 0) is 43.7 Å². The van der Waals surface area contributed by atoms with Gasteiger partial charge in [0.05, 0.1) is 6.61 Å². The number of halogens is 1. The average Bonchev–Trinajstić information content (AvgIpc) is 2.53. The van der Waals surface area contributed by atoms with Gasteiger partial charge >= 0.3 is 6.03 Å². The summed E-state index contributed by atoms with van der Waals surface area (Å²) in [5, 5.41) is 5.90. The molecule has 0 bridgehead atoms. The van der Waals surface area contributed by atoms with Gasteiger partial charge < -0.3 is 20.1 Å². The fraction of sp³-hybridized carbons (Fsp3) is 0.235. The van der Waals surface area contributed by atoms with E-state index in [0.717, 1.165) is 5.56 Å². The summed E-state index contributed by atoms with van der Waals surface area (Å²) < 4.78 is 11.0. The monoisotopic (exact) mass is 334 g/mol. The van der Waals surface area contributed by atoms with Crippen molar-refractivity contribution in [3.63, 3.8) is 0 Å². The second-order valence-corrected chi connectivity index (χ2v) is 5.17. The molecule has 0 radical (unpaired) electrons. The maximum atomic E-state index is 11.8. The highest BCUT2D eigenvalue weighted by molar-refractivity contribution is 6.31. The zero-order valence-corrected chi connectivity index (χ0v) is 13.8. The van der Waals surface area contributed by atoms with Crippen molar-refractivity contribution in [2.24, 2.45) is 0 Å². The molecule has 23 heavy (non-hydrogen) atoms. The number of carbonyl (C=O) groups excluding carboxylic acids is 1. The number of nitrogens with one attached hydrogen (secondary N) is 2. The molecule has 0 heterocycles. The first-order valence-corrected chi connectivity index (χ1v) is 7.63. The maximum Gasteiger partial charge on any atom is 0.321 e. The fourth-order valence-corrected chi connectivity index (χ4v) is 2.05. The summed E-state index contributed by atoms with van der Waals surface area (Å²) in [7, 11) is 0. The molecule has 5 nitrogen and oxygen atoms in total. The summed E-state index contributed by atoms with van der Waals surface area (Å²) in [6.45, 7) is 4.36. The van der Waals surface area contributed by atoms with Crippen LogP contribution < -0.4 is 20.1 Å². The third kappa shape index (κ3) is 5.07. The first kappa shape index (κ1) is 17.0. The Morgan fingerprint density at radius 2 is 1.83 bits per heavy atom. The van der Waals surface area contributed by atoms with Gasteiger partial charge in [-0.3, -0.25) is 0 Å². The Kier molecular flexibility index (Phi) is 6.11. The summed E-state index contributed by atoms with van der Waals surface area (Å²) in [4.78, 5) is 11.8. The molecule has 0 saturated carbocycles. The van der Waals surface area contributed by atoms with Gasteiger partial charge in [-0.25, -0.2) is 4.79 Å². The Morgan fingerprint density at radius 3 is 2.48 bits per heavy atom. The number of anilines is 1. The Labute approximate surface area is 140 Å². The van der Waals surface area contributed by atoms with E-state index in [1.807, 2.05) is 38.1 Å². The van der Waals surface area contributed by atoms with E-state index in [0.29, 0.717) is 28.8 Å². The number of para-hydroxylation sites is 2. The number of ether oxygens (including phenoxy) is 2. The molecule has 2 aromatic carbocycles. The fourth-order valence-electron chi connectivity index (χ4n) is 1.87. The minimum atomic E-state index is -0.376. The highest BCUT2D eigenvalue weighted by Gasteiger charge is 2.06. The zero-order valence-electron chi connectivity index (χ0n) is 13.1. The van der Waals surface area contributed by atoms with E-state index >= 15 is 0 Å². The maximum absolute atomic E-state index is 11.8. The summed E-state index contributed by atoms with van der Waals surface area (Å²) in [6.07, 6.45) is 0. The van der Waals surface area contributed by atoms with E-state index in [4.69, 9.17) is 21.1 Å². The molecule has 0 fully saturated rings. The molecule has 0 saturated heterocycles. The molecule has 0 spiro atoms. The topological polar surface area (TPSA) is 59.6 Å². The van der Waals surface area contributed by atoms with E-state index in [1.165, 1.54) is 0 Å². The van der Waals surface area contributed by atoms with Crippen LogP contribution in [0.1, 0.15) is 12.5 Å². The number of hydrogen-bond acceptors (Lipinski definition) is 3. The lowest BCUT2D eigenvalue weighted by molar-refractivity contribution is 0.229. The van der Waals surface area contributed by atoms with Gasteiger partial charge in [-0.1, -0.05) is 29.8 Å². The van der Waals surface area contributed by atoms with Crippen LogP contribution in [0.5, 0.6) is 11.5 Å². The molecular formula is C17H19ClN2O3. The molecular weight excluding hydrogens is 316 g/mol. The van der Waals surface area contributed by atoms with Crippen LogP contribution >= 0.6 is 11.6 Å². The van der Waals surface area contributed by atoms with Crippen molar-refractivity contribution in [1.29, 1.82) is 0 Å². The van der Waals surface area contributed by atoms with Crippen LogP contribution in [0.15, 0.2) is 42.5 Å². The van der Waals surface area contributed by atoms with Crippen LogP contribution in [0, 0.1) is 6.92 Å². The molecule has 122 valence electrons. The van der Waals surface area contributed by atoms with Gasteiger partial charge in [0.25, 0.3) is 0 Å². The SMILES string of the molecule is CCOc1ccccc1OCNC(=O)Nc1ccc(C)c(Cl)c1. The summed E-state index contributed by atoms with van der Waals surface area (Å²) in [5.41, 5.74) is 1.57. The molecule has 0 aliphatic carbocycles. The van der Waals surface area contributed by atoms with Gasteiger partial charge in [0.1, 0.15) is 0 Å². The quantitative estimate of drug-likeness (QED) is 0.778. The van der Waals surface area contributed by atoms with Gasteiger partial charge in [0.2, 0.25) is 0 Å². The Hall–Kier alpha value is -2.40. The summed E-state index contributed by atoms with van der Waals surface area (Å²) in [6, 6.07) is 12.2. The average molecular weight is 335 g/mol. The minimum Gasteiger partial charge on any atom is -0.490 e. The standard InChI is InChI=1S/C17H19ClN2O3/c1-3-22-15-6-4-5-7-16(15)23-11-19-17(21)20-13-9-8-12(2)14(18)10-13/h4-10H,3,11H2,1-2H3,(H2,19,20,21). The van der Waals surface area contributed by atoms with Crippen molar-refractivity contribution >= 4 is 23.3 Å². The number of urea groups is 1. The molecule has 0 unspecified atom stereocenters. The van der Waals surface area contributed by atoms with Gasteiger partial charge in [-0.2, -0.15) is 0 Å².